The van der Waals surface area contributed by atoms with Crippen LogP contribution in [0.1, 0.15) is 24.4 Å². The lowest BCUT2D eigenvalue weighted by Crippen LogP contribution is -2.19. The Labute approximate surface area is 85.9 Å². The largest absolute Gasteiger partial charge is 0.385 e. The van der Waals surface area contributed by atoms with Crippen molar-refractivity contribution in [3.63, 3.8) is 0 Å². The zero-order valence-electron chi connectivity index (χ0n) is 8.96. The summed E-state index contributed by atoms with van der Waals surface area (Å²) in [5, 5.41) is 3.48. The summed E-state index contributed by atoms with van der Waals surface area (Å²) in [5.74, 6) is 0. The molecule has 0 fully saturated rings. The molecule has 0 spiro atoms. The molecule has 2 nitrogen and oxygen atoms in total. The standard InChI is InChI=1S/C12H18N2/c1-14(2)12-8-5-9-13-11-7-4-3-6-10(11)12/h3-4,6-7,12-13H,5,8-9H2,1-2H3. The number of nitrogens with zero attached hydrogens (tertiary/aromatic N) is 1. The van der Waals surface area contributed by atoms with Gasteiger partial charge in [0.2, 0.25) is 0 Å². The van der Waals surface area contributed by atoms with Gasteiger partial charge in [-0.2, -0.15) is 0 Å². The van der Waals surface area contributed by atoms with Crippen molar-refractivity contribution in [1.29, 1.82) is 0 Å². The van der Waals surface area contributed by atoms with Crippen LogP contribution in [0, 0.1) is 0 Å². The molecule has 0 amide bonds. The van der Waals surface area contributed by atoms with Gasteiger partial charge >= 0.3 is 0 Å². The van der Waals surface area contributed by atoms with Gasteiger partial charge in [0, 0.05) is 18.3 Å². The van der Waals surface area contributed by atoms with Gasteiger partial charge in [0.1, 0.15) is 0 Å². The summed E-state index contributed by atoms with van der Waals surface area (Å²) in [4.78, 5) is 2.31. The minimum Gasteiger partial charge on any atom is -0.385 e. The smallest absolute Gasteiger partial charge is 0.0388 e. The highest BCUT2D eigenvalue weighted by Crippen LogP contribution is 2.31. The molecule has 1 aromatic rings. The summed E-state index contributed by atoms with van der Waals surface area (Å²) >= 11 is 0. The molecule has 1 atom stereocenters. The third-order valence-electron chi connectivity index (χ3n) is 2.91. The van der Waals surface area contributed by atoms with E-state index in [0.717, 1.165) is 6.54 Å². The Bertz CT molecular complexity index is 307. The van der Waals surface area contributed by atoms with E-state index < -0.39 is 0 Å². The number of para-hydroxylation sites is 1. The van der Waals surface area contributed by atoms with Gasteiger partial charge in [-0.05, 0) is 38.6 Å². The highest BCUT2D eigenvalue weighted by atomic mass is 15.1. The predicted octanol–water partition coefficient (Wildman–Crippen LogP) is 2.50. The summed E-state index contributed by atoms with van der Waals surface area (Å²) in [7, 11) is 4.32. The maximum atomic E-state index is 3.48. The molecule has 2 rings (SSSR count). The van der Waals surface area contributed by atoms with E-state index >= 15 is 0 Å². The number of rotatable bonds is 1. The first-order valence-electron chi connectivity index (χ1n) is 5.28. The molecule has 2 heteroatoms. The minimum absolute atomic E-state index is 0.571. The van der Waals surface area contributed by atoms with Crippen molar-refractivity contribution in [2.24, 2.45) is 0 Å². The van der Waals surface area contributed by atoms with E-state index in [9.17, 15) is 0 Å². The molecular formula is C12H18N2. The van der Waals surface area contributed by atoms with Crippen LogP contribution < -0.4 is 5.32 Å². The van der Waals surface area contributed by atoms with Gasteiger partial charge in [0.05, 0.1) is 0 Å². The van der Waals surface area contributed by atoms with Crippen LogP contribution in [0.5, 0.6) is 0 Å². The van der Waals surface area contributed by atoms with Crippen molar-refractivity contribution in [2.45, 2.75) is 18.9 Å². The van der Waals surface area contributed by atoms with Gasteiger partial charge in [-0.3, -0.25) is 0 Å². The second kappa shape index (κ2) is 4.01. The van der Waals surface area contributed by atoms with Gasteiger partial charge in [0.25, 0.3) is 0 Å². The van der Waals surface area contributed by atoms with E-state index in [0.29, 0.717) is 6.04 Å². The second-order valence-electron chi connectivity index (χ2n) is 4.14. The van der Waals surface area contributed by atoms with Gasteiger partial charge in [-0.15, -0.1) is 0 Å². The van der Waals surface area contributed by atoms with Crippen molar-refractivity contribution >= 4 is 5.69 Å². The fourth-order valence-corrected chi connectivity index (χ4v) is 2.16. The molecule has 1 aliphatic heterocycles. The minimum atomic E-state index is 0.571. The van der Waals surface area contributed by atoms with E-state index in [1.54, 1.807) is 0 Å². The molecule has 0 saturated heterocycles. The molecule has 0 aliphatic carbocycles. The van der Waals surface area contributed by atoms with Crippen LogP contribution in [-0.2, 0) is 0 Å². The van der Waals surface area contributed by atoms with Gasteiger partial charge in [-0.25, -0.2) is 0 Å². The number of hydrogen-bond acceptors (Lipinski definition) is 2. The Hall–Kier alpha value is -1.02. The van der Waals surface area contributed by atoms with Crippen molar-refractivity contribution in [3.8, 4) is 0 Å². The summed E-state index contributed by atoms with van der Waals surface area (Å²) in [5.41, 5.74) is 2.75. The average Bonchev–Trinajstić information content (AvgIpc) is 2.39. The molecule has 1 unspecified atom stereocenters. The van der Waals surface area contributed by atoms with E-state index in [1.165, 1.54) is 24.1 Å². The van der Waals surface area contributed by atoms with Crippen LogP contribution in [0.4, 0.5) is 5.69 Å². The molecular weight excluding hydrogens is 172 g/mol. The van der Waals surface area contributed by atoms with E-state index in [4.69, 9.17) is 0 Å². The third-order valence-corrected chi connectivity index (χ3v) is 2.91. The van der Waals surface area contributed by atoms with E-state index in [-0.39, 0.29) is 0 Å². The van der Waals surface area contributed by atoms with Crippen LogP contribution in [0.3, 0.4) is 0 Å². The summed E-state index contributed by atoms with van der Waals surface area (Å²) in [6.45, 7) is 1.10. The van der Waals surface area contributed by atoms with Crippen LogP contribution in [0.25, 0.3) is 0 Å². The maximum absolute atomic E-state index is 3.48. The first-order chi connectivity index (χ1) is 6.79. The lowest BCUT2D eigenvalue weighted by atomic mass is 10.0. The summed E-state index contributed by atoms with van der Waals surface area (Å²) in [6.07, 6.45) is 2.49. The number of hydrogen-bond donors (Lipinski definition) is 1. The Balaban J connectivity index is 2.37. The molecule has 0 saturated carbocycles. The number of fused-ring (bicyclic) bond motifs is 1. The third kappa shape index (κ3) is 1.75. The topological polar surface area (TPSA) is 15.3 Å². The normalized spacial score (nSPS) is 21.2. The van der Waals surface area contributed by atoms with Crippen molar-refractivity contribution in [2.75, 3.05) is 26.0 Å². The van der Waals surface area contributed by atoms with Crippen LogP contribution in [0.2, 0.25) is 0 Å². The molecule has 0 aromatic heterocycles. The summed E-state index contributed by atoms with van der Waals surface area (Å²) in [6, 6.07) is 9.21. The molecule has 1 N–H and O–H groups in total. The van der Waals surface area contributed by atoms with Crippen LogP contribution in [-0.4, -0.2) is 25.5 Å². The highest BCUT2D eigenvalue weighted by molar-refractivity contribution is 5.53. The molecule has 0 radical (unpaired) electrons. The van der Waals surface area contributed by atoms with Gasteiger partial charge < -0.3 is 10.2 Å². The lowest BCUT2D eigenvalue weighted by molar-refractivity contribution is 0.284. The summed E-state index contributed by atoms with van der Waals surface area (Å²) < 4.78 is 0. The van der Waals surface area contributed by atoms with Crippen molar-refractivity contribution < 1.29 is 0 Å². The molecule has 1 aromatic carbocycles. The van der Waals surface area contributed by atoms with Crippen molar-refractivity contribution in [1.82, 2.24) is 4.90 Å². The zero-order chi connectivity index (χ0) is 9.97. The molecule has 1 aliphatic rings. The Morgan fingerprint density at radius 1 is 1.29 bits per heavy atom. The first-order valence-corrected chi connectivity index (χ1v) is 5.28. The van der Waals surface area contributed by atoms with Crippen LogP contribution in [0.15, 0.2) is 24.3 Å². The SMILES string of the molecule is CN(C)C1CCCNc2ccccc21. The first kappa shape index (κ1) is 9.53. The molecule has 14 heavy (non-hydrogen) atoms. The van der Waals surface area contributed by atoms with Crippen molar-refractivity contribution in [3.05, 3.63) is 29.8 Å². The average molecular weight is 190 g/mol. The molecule has 0 bridgehead atoms. The quantitative estimate of drug-likeness (QED) is 0.732. The maximum Gasteiger partial charge on any atom is 0.0388 e. The fraction of sp³-hybridized carbons (Fsp3) is 0.500. The van der Waals surface area contributed by atoms with Gasteiger partial charge in [0.15, 0.2) is 0 Å². The monoisotopic (exact) mass is 190 g/mol. The van der Waals surface area contributed by atoms with E-state index in [2.05, 4.69) is 48.6 Å². The number of benzene rings is 1. The van der Waals surface area contributed by atoms with E-state index in [1.807, 2.05) is 0 Å². The lowest BCUT2D eigenvalue weighted by Gasteiger charge is -2.24. The Morgan fingerprint density at radius 2 is 2.07 bits per heavy atom. The zero-order valence-corrected chi connectivity index (χ0v) is 8.96. The number of anilines is 1. The Kier molecular flexibility index (Phi) is 2.73. The number of nitrogens with one attached hydrogen (secondary N) is 1. The predicted molar refractivity (Wildman–Crippen MR) is 60.6 cm³/mol. The highest BCUT2D eigenvalue weighted by Gasteiger charge is 2.19. The van der Waals surface area contributed by atoms with Crippen LogP contribution >= 0.6 is 0 Å². The van der Waals surface area contributed by atoms with Gasteiger partial charge in [-0.1, -0.05) is 18.2 Å². The Morgan fingerprint density at radius 3 is 2.86 bits per heavy atom. The second-order valence-corrected chi connectivity index (χ2v) is 4.14. The molecule has 76 valence electrons. The molecule has 1 heterocycles. The fourth-order valence-electron chi connectivity index (χ4n) is 2.16.